The predicted octanol–water partition coefficient (Wildman–Crippen LogP) is 1.56. The number of alkyl halides is 3. The third-order valence-electron chi connectivity index (χ3n) is 2.71. The number of likely N-dealkylation sites (tertiary alicyclic amines) is 1. The van der Waals surface area contributed by atoms with Gasteiger partial charge in [0.15, 0.2) is 0 Å². The van der Waals surface area contributed by atoms with E-state index in [1.165, 1.54) is 4.90 Å². The highest BCUT2D eigenvalue weighted by molar-refractivity contribution is 5.85. The van der Waals surface area contributed by atoms with Crippen LogP contribution < -0.4 is 5.73 Å². The summed E-state index contributed by atoms with van der Waals surface area (Å²) in [4.78, 5) is 12.7. The molecule has 1 rings (SSSR count). The number of carbonyl (C=O) groups is 1. The number of nitrogens with zero attached hydrogens (tertiary/aromatic N) is 1. The largest absolute Gasteiger partial charge is 0.400 e. The van der Waals surface area contributed by atoms with Crippen molar-refractivity contribution in [3.63, 3.8) is 0 Å². The first-order chi connectivity index (χ1) is 6.82. The Morgan fingerprint density at radius 1 is 1.38 bits per heavy atom. The lowest BCUT2D eigenvalue weighted by Crippen LogP contribution is -2.47. The minimum Gasteiger partial charge on any atom is -0.342 e. The normalized spacial score (nSPS) is 20.2. The Hall–Kier alpha value is -0.490. The lowest BCUT2D eigenvalue weighted by molar-refractivity contribution is -0.186. The number of amides is 1. The summed E-state index contributed by atoms with van der Waals surface area (Å²) in [5.41, 5.74) is 5.60. The Balaban J connectivity index is 0.00000225. The molecule has 1 fully saturated rings. The molecule has 0 aliphatic carbocycles. The fraction of sp³-hybridized carbons (Fsp3) is 0.889. The van der Waals surface area contributed by atoms with Crippen LogP contribution in [0, 0.1) is 5.92 Å². The summed E-state index contributed by atoms with van der Waals surface area (Å²) in [6.45, 7) is 1.57. The van der Waals surface area contributed by atoms with Crippen molar-refractivity contribution in [1.29, 1.82) is 0 Å². The monoisotopic (exact) mass is 260 g/mol. The molecule has 1 aliphatic heterocycles. The maximum Gasteiger partial charge on any atom is 0.400 e. The quantitative estimate of drug-likeness (QED) is 0.778. The molecule has 1 amide bonds. The second kappa shape index (κ2) is 5.72. The van der Waals surface area contributed by atoms with E-state index in [9.17, 15) is 18.0 Å². The molecule has 1 heterocycles. The van der Waals surface area contributed by atoms with Crippen molar-refractivity contribution in [2.24, 2.45) is 11.7 Å². The maximum absolute atomic E-state index is 12.3. The molecule has 96 valence electrons. The third-order valence-corrected chi connectivity index (χ3v) is 2.71. The third kappa shape index (κ3) is 3.83. The Morgan fingerprint density at radius 2 is 1.81 bits per heavy atom. The summed E-state index contributed by atoms with van der Waals surface area (Å²) < 4.78 is 36.8. The fourth-order valence-corrected chi connectivity index (χ4v) is 1.53. The summed E-state index contributed by atoms with van der Waals surface area (Å²) >= 11 is 0. The summed E-state index contributed by atoms with van der Waals surface area (Å²) in [5, 5.41) is 0. The number of piperidine rings is 1. The Bertz CT molecular complexity index is 239. The molecule has 1 atom stereocenters. The van der Waals surface area contributed by atoms with Crippen molar-refractivity contribution in [2.75, 3.05) is 13.1 Å². The number of halogens is 4. The van der Waals surface area contributed by atoms with Crippen LogP contribution in [0.3, 0.4) is 0 Å². The van der Waals surface area contributed by atoms with Gasteiger partial charge in [-0.1, -0.05) is 0 Å². The topological polar surface area (TPSA) is 46.3 Å². The number of carbonyl (C=O) groups excluding carboxylic acids is 1. The first-order valence-corrected chi connectivity index (χ1v) is 4.93. The zero-order valence-electron chi connectivity index (χ0n) is 8.96. The van der Waals surface area contributed by atoms with E-state index in [1.807, 2.05) is 0 Å². The molecule has 1 aliphatic rings. The molecular formula is C9H16ClF3N2O. The Morgan fingerprint density at radius 3 is 2.19 bits per heavy atom. The number of rotatable bonds is 1. The zero-order valence-corrected chi connectivity index (χ0v) is 9.77. The van der Waals surface area contributed by atoms with Crippen molar-refractivity contribution >= 4 is 18.3 Å². The van der Waals surface area contributed by atoms with Gasteiger partial charge < -0.3 is 10.6 Å². The van der Waals surface area contributed by atoms with E-state index in [0.29, 0.717) is 25.9 Å². The van der Waals surface area contributed by atoms with Crippen LogP contribution in [0.5, 0.6) is 0 Å². The average Bonchev–Trinajstić information content (AvgIpc) is 2.15. The van der Waals surface area contributed by atoms with Gasteiger partial charge in [0.05, 0.1) is 0 Å². The van der Waals surface area contributed by atoms with Crippen molar-refractivity contribution in [1.82, 2.24) is 4.90 Å². The van der Waals surface area contributed by atoms with Gasteiger partial charge in [0, 0.05) is 19.1 Å². The number of nitrogens with two attached hydrogens (primary N) is 1. The van der Waals surface area contributed by atoms with Crippen LogP contribution in [0.2, 0.25) is 0 Å². The van der Waals surface area contributed by atoms with Crippen molar-refractivity contribution < 1.29 is 18.0 Å². The molecule has 1 unspecified atom stereocenters. The second-order valence-electron chi connectivity index (χ2n) is 3.93. The summed E-state index contributed by atoms with van der Waals surface area (Å²) in [6, 6.07) is 0.00948. The highest BCUT2D eigenvalue weighted by Crippen LogP contribution is 2.28. The van der Waals surface area contributed by atoms with E-state index >= 15 is 0 Å². The van der Waals surface area contributed by atoms with E-state index in [1.54, 1.807) is 0 Å². The van der Waals surface area contributed by atoms with Gasteiger partial charge in [-0.3, -0.25) is 4.79 Å². The fourth-order valence-electron chi connectivity index (χ4n) is 1.53. The van der Waals surface area contributed by atoms with Crippen LogP contribution >= 0.6 is 12.4 Å². The van der Waals surface area contributed by atoms with E-state index < -0.39 is 18.0 Å². The lowest BCUT2D eigenvalue weighted by Gasteiger charge is -2.32. The smallest absolute Gasteiger partial charge is 0.342 e. The van der Waals surface area contributed by atoms with E-state index in [0.717, 1.165) is 6.92 Å². The van der Waals surface area contributed by atoms with Crippen LogP contribution in [0.15, 0.2) is 0 Å². The summed E-state index contributed by atoms with van der Waals surface area (Å²) in [7, 11) is 0. The minimum absolute atomic E-state index is 0. The van der Waals surface area contributed by atoms with Gasteiger partial charge in [-0.25, -0.2) is 0 Å². The minimum atomic E-state index is -4.45. The maximum atomic E-state index is 12.3. The van der Waals surface area contributed by atoms with Crippen LogP contribution in [0.25, 0.3) is 0 Å². The van der Waals surface area contributed by atoms with Crippen molar-refractivity contribution in [2.45, 2.75) is 32.0 Å². The predicted molar refractivity (Wildman–Crippen MR) is 56.3 cm³/mol. The Kier molecular flexibility index (Phi) is 5.55. The van der Waals surface area contributed by atoms with Gasteiger partial charge in [0.1, 0.15) is 5.92 Å². The van der Waals surface area contributed by atoms with Crippen LogP contribution in [0.4, 0.5) is 13.2 Å². The van der Waals surface area contributed by atoms with E-state index in [4.69, 9.17) is 5.73 Å². The molecule has 7 heteroatoms. The van der Waals surface area contributed by atoms with Gasteiger partial charge >= 0.3 is 6.18 Å². The number of hydrogen-bond donors (Lipinski definition) is 1. The van der Waals surface area contributed by atoms with Crippen LogP contribution in [-0.4, -0.2) is 36.1 Å². The van der Waals surface area contributed by atoms with Crippen LogP contribution in [-0.2, 0) is 4.79 Å². The SMILES string of the molecule is CC(C(=O)N1CCC(N)CC1)C(F)(F)F.Cl. The molecule has 0 bridgehead atoms. The summed E-state index contributed by atoms with van der Waals surface area (Å²) in [5.74, 6) is -2.75. The van der Waals surface area contributed by atoms with Gasteiger partial charge in [-0.15, -0.1) is 12.4 Å². The van der Waals surface area contributed by atoms with E-state index in [-0.39, 0.29) is 18.4 Å². The van der Waals surface area contributed by atoms with Gasteiger partial charge in [-0.2, -0.15) is 13.2 Å². The lowest BCUT2D eigenvalue weighted by atomic mass is 10.0. The van der Waals surface area contributed by atoms with Crippen molar-refractivity contribution in [3.8, 4) is 0 Å². The first kappa shape index (κ1) is 15.5. The molecule has 2 N–H and O–H groups in total. The molecule has 16 heavy (non-hydrogen) atoms. The standard InChI is InChI=1S/C9H15F3N2O.ClH/c1-6(9(10,11)12)8(15)14-4-2-7(13)3-5-14;/h6-7H,2-5,13H2,1H3;1H. The first-order valence-electron chi connectivity index (χ1n) is 4.93. The van der Waals surface area contributed by atoms with Crippen LogP contribution in [0.1, 0.15) is 19.8 Å². The highest BCUT2D eigenvalue weighted by atomic mass is 35.5. The molecule has 0 radical (unpaired) electrons. The van der Waals surface area contributed by atoms with Gasteiger partial charge in [-0.05, 0) is 19.8 Å². The molecular weight excluding hydrogens is 245 g/mol. The Labute approximate surface area is 98.6 Å². The van der Waals surface area contributed by atoms with Crippen molar-refractivity contribution in [3.05, 3.63) is 0 Å². The number of hydrogen-bond acceptors (Lipinski definition) is 2. The van der Waals surface area contributed by atoms with Gasteiger partial charge in [0.25, 0.3) is 0 Å². The van der Waals surface area contributed by atoms with Gasteiger partial charge in [0.2, 0.25) is 5.91 Å². The van der Waals surface area contributed by atoms with E-state index in [2.05, 4.69) is 0 Å². The molecule has 0 aromatic rings. The molecule has 0 spiro atoms. The second-order valence-corrected chi connectivity index (χ2v) is 3.93. The average molecular weight is 261 g/mol. The summed E-state index contributed by atoms with van der Waals surface area (Å²) in [6.07, 6.45) is -3.29. The molecule has 0 saturated carbocycles. The molecule has 0 aromatic carbocycles. The highest BCUT2D eigenvalue weighted by Gasteiger charge is 2.43. The molecule has 1 saturated heterocycles. The zero-order chi connectivity index (χ0) is 11.6. The molecule has 0 aromatic heterocycles. The molecule has 3 nitrogen and oxygen atoms in total.